The lowest BCUT2D eigenvalue weighted by molar-refractivity contribution is 0.143. The van der Waals surface area contributed by atoms with Crippen LogP contribution in [0.25, 0.3) is 0 Å². The molecule has 1 heterocycles. The lowest BCUT2D eigenvalue weighted by Crippen LogP contribution is -2.45. The van der Waals surface area contributed by atoms with Crippen LogP contribution in [-0.2, 0) is 0 Å². The zero-order valence-corrected chi connectivity index (χ0v) is 11.2. The van der Waals surface area contributed by atoms with E-state index in [0.717, 1.165) is 0 Å². The first-order valence-electron chi connectivity index (χ1n) is 6.37. The molecule has 0 atom stereocenters. The van der Waals surface area contributed by atoms with E-state index >= 15 is 0 Å². The summed E-state index contributed by atoms with van der Waals surface area (Å²) in [4.78, 5) is 2.60. The van der Waals surface area contributed by atoms with Crippen molar-refractivity contribution in [3.05, 3.63) is 11.1 Å². The van der Waals surface area contributed by atoms with Gasteiger partial charge in [-0.15, -0.1) is 0 Å². The van der Waals surface area contributed by atoms with Crippen molar-refractivity contribution in [3.8, 4) is 0 Å². The molecule has 0 unspecified atom stereocenters. The van der Waals surface area contributed by atoms with Crippen LogP contribution in [0.4, 0.5) is 0 Å². The Hall–Kier alpha value is -0.300. The minimum Gasteiger partial charge on any atom is -0.294 e. The summed E-state index contributed by atoms with van der Waals surface area (Å²) in [6.07, 6.45) is 5.31. The molecule has 0 bridgehead atoms. The van der Waals surface area contributed by atoms with Crippen LogP contribution >= 0.6 is 0 Å². The molecule has 88 valence electrons. The number of rotatable bonds is 3. The van der Waals surface area contributed by atoms with Crippen molar-refractivity contribution in [2.75, 3.05) is 13.1 Å². The summed E-state index contributed by atoms with van der Waals surface area (Å²) in [5, 5.41) is 0. The molecule has 1 heteroatoms. The van der Waals surface area contributed by atoms with E-state index in [2.05, 4.69) is 39.5 Å². The highest BCUT2D eigenvalue weighted by Gasteiger charge is 2.24. The van der Waals surface area contributed by atoms with Crippen molar-refractivity contribution in [2.45, 2.75) is 65.8 Å². The molecule has 0 spiro atoms. The first kappa shape index (κ1) is 12.8. The molecule has 0 amide bonds. The fraction of sp³-hybridized carbons (Fsp3) is 0.857. The van der Waals surface area contributed by atoms with Crippen LogP contribution in [0.15, 0.2) is 11.1 Å². The van der Waals surface area contributed by atoms with Gasteiger partial charge in [0.2, 0.25) is 0 Å². The van der Waals surface area contributed by atoms with Gasteiger partial charge in [-0.3, -0.25) is 4.90 Å². The maximum Gasteiger partial charge on any atom is 0.0198 e. The predicted molar refractivity (Wildman–Crippen MR) is 68.2 cm³/mol. The van der Waals surface area contributed by atoms with Gasteiger partial charge in [-0.25, -0.2) is 0 Å². The molecule has 1 aliphatic heterocycles. The fourth-order valence-corrected chi connectivity index (χ4v) is 2.26. The highest BCUT2D eigenvalue weighted by Crippen LogP contribution is 2.26. The Morgan fingerprint density at radius 3 is 2.40 bits per heavy atom. The Kier molecular flexibility index (Phi) is 4.39. The average Bonchev–Trinajstić information content (AvgIpc) is 2.14. The van der Waals surface area contributed by atoms with E-state index in [1.165, 1.54) is 38.8 Å². The Morgan fingerprint density at radius 2 is 1.93 bits per heavy atom. The number of hydrogen-bond acceptors (Lipinski definition) is 1. The molecule has 0 aromatic carbocycles. The predicted octanol–water partition coefficient (Wildman–Crippen LogP) is 4.00. The highest BCUT2D eigenvalue weighted by atomic mass is 15.2. The van der Waals surface area contributed by atoms with Gasteiger partial charge >= 0.3 is 0 Å². The van der Waals surface area contributed by atoms with Gasteiger partial charge in [0, 0.05) is 18.6 Å². The Bertz CT molecular complexity index is 232. The standard InChI is InChI=1S/C14H27N/c1-6-7-8-13-9-10-15(11-12(13)2)14(3,4)5/h6-11H2,1-5H3. The summed E-state index contributed by atoms with van der Waals surface area (Å²) in [7, 11) is 0. The maximum atomic E-state index is 2.60. The molecule has 0 aromatic heterocycles. The molecular weight excluding hydrogens is 182 g/mol. The van der Waals surface area contributed by atoms with Crippen LogP contribution in [0.1, 0.15) is 60.3 Å². The van der Waals surface area contributed by atoms with Crippen LogP contribution in [0.5, 0.6) is 0 Å². The molecule has 1 rings (SSSR count). The summed E-state index contributed by atoms with van der Waals surface area (Å²) in [5.41, 5.74) is 3.69. The second-order valence-corrected chi connectivity index (χ2v) is 5.83. The summed E-state index contributed by atoms with van der Waals surface area (Å²) >= 11 is 0. The Labute approximate surface area is 95.5 Å². The van der Waals surface area contributed by atoms with Crippen LogP contribution < -0.4 is 0 Å². The zero-order valence-electron chi connectivity index (χ0n) is 11.2. The minimum absolute atomic E-state index is 0.331. The van der Waals surface area contributed by atoms with Crippen LogP contribution in [0, 0.1) is 0 Å². The zero-order chi connectivity index (χ0) is 11.5. The second-order valence-electron chi connectivity index (χ2n) is 5.83. The SMILES string of the molecule is CCCCC1=C(C)CN(C(C)(C)C)CC1. The molecular formula is C14H27N. The average molecular weight is 209 g/mol. The van der Waals surface area contributed by atoms with E-state index in [0.29, 0.717) is 5.54 Å². The molecule has 0 saturated carbocycles. The van der Waals surface area contributed by atoms with E-state index in [-0.39, 0.29) is 0 Å². The third-order valence-corrected chi connectivity index (χ3v) is 3.50. The molecule has 1 aliphatic rings. The Balaban J connectivity index is 2.57. The van der Waals surface area contributed by atoms with Crippen molar-refractivity contribution < 1.29 is 0 Å². The largest absolute Gasteiger partial charge is 0.294 e. The molecule has 0 aliphatic carbocycles. The van der Waals surface area contributed by atoms with E-state index < -0.39 is 0 Å². The van der Waals surface area contributed by atoms with Gasteiger partial charge in [0.1, 0.15) is 0 Å². The fourth-order valence-electron chi connectivity index (χ4n) is 2.26. The molecule has 0 fully saturated rings. The van der Waals surface area contributed by atoms with Gasteiger partial charge in [-0.2, -0.15) is 0 Å². The van der Waals surface area contributed by atoms with Crippen LogP contribution in [-0.4, -0.2) is 23.5 Å². The van der Waals surface area contributed by atoms with E-state index in [4.69, 9.17) is 0 Å². The monoisotopic (exact) mass is 209 g/mol. The highest BCUT2D eigenvalue weighted by molar-refractivity contribution is 5.18. The third kappa shape index (κ3) is 3.64. The summed E-state index contributed by atoms with van der Waals surface area (Å²) in [5.74, 6) is 0. The van der Waals surface area contributed by atoms with Crippen molar-refractivity contribution >= 4 is 0 Å². The Morgan fingerprint density at radius 1 is 1.27 bits per heavy atom. The molecule has 0 radical (unpaired) electrons. The summed E-state index contributed by atoms with van der Waals surface area (Å²) in [6, 6.07) is 0. The van der Waals surface area contributed by atoms with E-state index in [1.54, 1.807) is 11.1 Å². The summed E-state index contributed by atoms with van der Waals surface area (Å²) < 4.78 is 0. The molecule has 0 N–H and O–H groups in total. The maximum absolute atomic E-state index is 2.60. The quantitative estimate of drug-likeness (QED) is 0.635. The second kappa shape index (κ2) is 5.16. The first-order valence-corrected chi connectivity index (χ1v) is 6.37. The van der Waals surface area contributed by atoms with Crippen molar-refractivity contribution in [1.29, 1.82) is 0 Å². The topological polar surface area (TPSA) is 3.24 Å². The van der Waals surface area contributed by atoms with E-state index in [9.17, 15) is 0 Å². The normalized spacial score (nSPS) is 19.8. The van der Waals surface area contributed by atoms with Gasteiger partial charge < -0.3 is 0 Å². The van der Waals surface area contributed by atoms with Gasteiger partial charge in [-0.1, -0.05) is 24.5 Å². The van der Waals surface area contributed by atoms with Gasteiger partial charge in [0.25, 0.3) is 0 Å². The smallest absolute Gasteiger partial charge is 0.0198 e. The number of unbranched alkanes of at least 4 members (excludes halogenated alkanes) is 1. The van der Waals surface area contributed by atoms with Gasteiger partial charge in [-0.05, 0) is 47.0 Å². The van der Waals surface area contributed by atoms with Crippen LogP contribution in [0.3, 0.4) is 0 Å². The first-order chi connectivity index (χ1) is 6.95. The number of nitrogens with zero attached hydrogens (tertiary/aromatic N) is 1. The van der Waals surface area contributed by atoms with Gasteiger partial charge in [0.05, 0.1) is 0 Å². The number of hydrogen-bond donors (Lipinski definition) is 0. The van der Waals surface area contributed by atoms with E-state index in [1.807, 2.05) is 0 Å². The molecule has 1 nitrogen and oxygen atoms in total. The molecule has 0 aromatic rings. The molecule has 0 saturated heterocycles. The van der Waals surface area contributed by atoms with Gasteiger partial charge in [0.15, 0.2) is 0 Å². The summed E-state index contributed by atoms with van der Waals surface area (Å²) in [6.45, 7) is 14.0. The lowest BCUT2D eigenvalue weighted by Gasteiger charge is -2.39. The molecule has 15 heavy (non-hydrogen) atoms. The van der Waals surface area contributed by atoms with Crippen molar-refractivity contribution in [3.63, 3.8) is 0 Å². The van der Waals surface area contributed by atoms with Crippen molar-refractivity contribution in [2.24, 2.45) is 0 Å². The minimum atomic E-state index is 0.331. The third-order valence-electron chi connectivity index (χ3n) is 3.50. The van der Waals surface area contributed by atoms with Crippen molar-refractivity contribution in [1.82, 2.24) is 4.90 Å². The lowest BCUT2D eigenvalue weighted by atomic mass is 9.93. The van der Waals surface area contributed by atoms with Crippen LogP contribution in [0.2, 0.25) is 0 Å².